The van der Waals surface area contributed by atoms with Crippen molar-refractivity contribution in [1.82, 2.24) is 0 Å². The smallest absolute Gasteiger partial charge is 0.347 e. The Morgan fingerprint density at radius 1 is 0.821 bits per heavy atom. The van der Waals surface area contributed by atoms with Crippen molar-refractivity contribution >= 4 is 46.7 Å². The molecule has 6 nitrogen and oxygen atoms in total. The number of benzene rings is 2. The second-order valence-electron chi connectivity index (χ2n) is 5.63. The third-order valence-corrected chi connectivity index (χ3v) is 4.25. The van der Waals surface area contributed by atoms with Gasteiger partial charge in [-0.15, -0.1) is 0 Å². The van der Waals surface area contributed by atoms with Crippen molar-refractivity contribution < 1.29 is 28.5 Å². The highest BCUT2D eigenvalue weighted by Gasteiger charge is 2.25. The molecule has 0 unspecified atom stereocenters. The third-order valence-electron chi connectivity index (χ3n) is 3.48. The maximum Gasteiger partial charge on any atom is 0.347 e. The van der Waals surface area contributed by atoms with E-state index in [-0.39, 0.29) is 11.5 Å². The monoisotopic (exact) mass is 446 g/mol. The van der Waals surface area contributed by atoms with E-state index in [1.165, 1.54) is 33.1 Å². The van der Waals surface area contributed by atoms with Gasteiger partial charge < -0.3 is 18.9 Å². The zero-order valence-electron chi connectivity index (χ0n) is 15.2. The number of esters is 2. The molecule has 2 aromatic carbocycles. The Morgan fingerprint density at radius 2 is 1.43 bits per heavy atom. The molecule has 0 amide bonds. The summed E-state index contributed by atoms with van der Waals surface area (Å²) in [6, 6.07) is 9.39. The molecule has 0 aliphatic rings. The van der Waals surface area contributed by atoms with E-state index in [2.05, 4.69) is 4.74 Å². The number of carbonyl (C=O) groups is 2. The molecule has 2 aromatic rings. The SMILES string of the molecule is COC(=O)[C@@H](C)OC(=O)[C@H](C)Oc1cc(Cl)ccc1Oc1ccc(Cl)cc1Cl. The van der Waals surface area contributed by atoms with Crippen LogP contribution in [0.3, 0.4) is 0 Å². The second kappa shape index (κ2) is 9.87. The fourth-order valence-electron chi connectivity index (χ4n) is 2.06. The van der Waals surface area contributed by atoms with Gasteiger partial charge in [0.1, 0.15) is 5.75 Å². The molecule has 9 heteroatoms. The highest BCUT2D eigenvalue weighted by molar-refractivity contribution is 6.35. The van der Waals surface area contributed by atoms with Crippen LogP contribution in [0.2, 0.25) is 15.1 Å². The molecule has 2 atom stereocenters. The van der Waals surface area contributed by atoms with E-state index in [0.29, 0.717) is 20.8 Å². The quantitative estimate of drug-likeness (QED) is 0.536. The summed E-state index contributed by atoms with van der Waals surface area (Å²) in [5.41, 5.74) is 0. The lowest BCUT2D eigenvalue weighted by atomic mass is 10.3. The first-order valence-electron chi connectivity index (χ1n) is 8.08. The Morgan fingerprint density at radius 3 is 2.04 bits per heavy atom. The highest BCUT2D eigenvalue weighted by Crippen LogP contribution is 2.38. The maximum atomic E-state index is 12.2. The predicted octanol–water partition coefficient (Wildman–Crippen LogP) is 5.31. The van der Waals surface area contributed by atoms with Gasteiger partial charge in [0.2, 0.25) is 0 Å². The number of methoxy groups -OCH3 is 1. The summed E-state index contributed by atoms with van der Waals surface area (Å²) in [4.78, 5) is 23.5. The van der Waals surface area contributed by atoms with Crippen LogP contribution in [0.4, 0.5) is 0 Å². The van der Waals surface area contributed by atoms with E-state index in [9.17, 15) is 9.59 Å². The first-order valence-corrected chi connectivity index (χ1v) is 9.22. The van der Waals surface area contributed by atoms with Gasteiger partial charge in [-0.05, 0) is 44.2 Å². The Labute approximate surface area is 177 Å². The number of carbonyl (C=O) groups excluding carboxylic acids is 2. The third kappa shape index (κ3) is 5.92. The van der Waals surface area contributed by atoms with Gasteiger partial charge in [0.25, 0.3) is 0 Å². The maximum absolute atomic E-state index is 12.2. The fraction of sp³-hybridized carbons (Fsp3) is 0.263. The van der Waals surface area contributed by atoms with E-state index in [4.69, 9.17) is 49.0 Å². The van der Waals surface area contributed by atoms with Gasteiger partial charge in [-0.25, -0.2) is 9.59 Å². The summed E-state index contributed by atoms with van der Waals surface area (Å²) in [5.74, 6) is -0.631. The normalized spacial score (nSPS) is 12.6. The van der Waals surface area contributed by atoms with Crippen LogP contribution in [0.1, 0.15) is 13.8 Å². The van der Waals surface area contributed by atoms with Crippen LogP contribution in [0.25, 0.3) is 0 Å². The molecule has 150 valence electrons. The first-order chi connectivity index (χ1) is 13.2. The van der Waals surface area contributed by atoms with Crippen molar-refractivity contribution in [1.29, 1.82) is 0 Å². The van der Waals surface area contributed by atoms with Gasteiger partial charge in [-0.2, -0.15) is 0 Å². The van der Waals surface area contributed by atoms with E-state index in [1.807, 2.05) is 0 Å². The summed E-state index contributed by atoms with van der Waals surface area (Å²) in [6.45, 7) is 2.86. The number of hydrogen-bond acceptors (Lipinski definition) is 6. The average Bonchev–Trinajstić information content (AvgIpc) is 2.64. The molecule has 0 aliphatic carbocycles. The molecule has 0 spiro atoms. The number of rotatable bonds is 7. The summed E-state index contributed by atoms with van der Waals surface area (Å²) in [7, 11) is 1.20. The molecule has 0 aliphatic heterocycles. The lowest BCUT2D eigenvalue weighted by Gasteiger charge is -2.19. The molecule has 0 aromatic heterocycles. The largest absolute Gasteiger partial charge is 0.475 e. The summed E-state index contributed by atoms with van der Waals surface area (Å²) in [5, 5.41) is 1.13. The Kier molecular flexibility index (Phi) is 7.80. The molecule has 0 saturated heterocycles. The zero-order chi connectivity index (χ0) is 20.8. The molecule has 0 fully saturated rings. The van der Waals surface area contributed by atoms with Crippen LogP contribution in [0.5, 0.6) is 17.2 Å². The van der Waals surface area contributed by atoms with Crippen molar-refractivity contribution in [2.45, 2.75) is 26.1 Å². The zero-order valence-corrected chi connectivity index (χ0v) is 17.5. The van der Waals surface area contributed by atoms with E-state index in [0.717, 1.165) is 0 Å². The topological polar surface area (TPSA) is 71.1 Å². The molecule has 0 bridgehead atoms. The molecule has 0 saturated carbocycles. The standard InChI is InChI=1S/C19H17Cl3O6/c1-10(18(23)25-3)27-19(24)11(2)26-17-9-13(21)5-7-16(17)28-15-6-4-12(20)8-14(15)22/h4-11H,1-3H3/t10-,11+/m1/s1. The average molecular weight is 448 g/mol. The van der Waals surface area contributed by atoms with Crippen molar-refractivity contribution in [2.24, 2.45) is 0 Å². The van der Waals surface area contributed by atoms with Crippen LogP contribution in [0, 0.1) is 0 Å². The Hall–Kier alpha value is -2.15. The van der Waals surface area contributed by atoms with Gasteiger partial charge in [-0.1, -0.05) is 34.8 Å². The van der Waals surface area contributed by atoms with Crippen LogP contribution in [-0.2, 0) is 19.1 Å². The van der Waals surface area contributed by atoms with E-state index >= 15 is 0 Å². The predicted molar refractivity (Wildman–Crippen MR) is 106 cm³/mol. The summed E-state index contributed by atoms with van der Waals surface area (Å²) < 4.78 is 20.9. The van der Waals surface area contributed by atoms with Gasteiger partial charge in [0, 0.05) is 16.1 Å². The second-order valence-corrected chi connectivity index (χ2v) is 6.91. The van der Waals surface area contributed by atoms with Crippen LogP contribution >= 0.6 is 34.8 Å². The van der Waals surface area contributed by atoms with Crippen LogP contribution < -0.4 is 9.47 Å². The van der Waals surface area contributed by atoms with Crippen molar-refractivity contribution in [3.05, 3.63) is 51.5 Å². The summed E-state index contributed by atoms with van der Waals surface area (Å²) in [6.07, 6.45) is -2.11. The highest BCUT2D eigenvalue weighted by atomic mass is 35.5. The van der Waals surface area contributed by atoms with Gasteiger partial charge >= 0.3 is 11.9 Å². The van der Waals surface area contributed by atoms with Gasteiger partial charge in [0.15, 0.2) is 23.7 Å². The minimum Gasteiger partial charge on any atom is -0.475 e. The Bertz CT molecular complexity index is 871. The van der Waals surface area contributed by atoms with Crippen molar-refractivity contribution in [3.63, 3.8) is 0 Å². The van der Waals surface area contributed by atoms with E-state index in [1.54, 1.807) is 24.3 Å². The molecule has 0 N–H and O–H groups in total. The first kappa shape index (κ1) is 22.1. The lowest BCUT2D eigenvalue weighted by Crippen LogP contribution is -2.33. The molecule has 2 rings (SSSR count). The van der Waals surface area contributed by atoms with E-state index < -0.39 is 24.1 Å². The lowest BCUT2D eigenvalue weighted by molar-refractivity contribution is -0.168. The number of ether oxygens (including phenoxy) is 4. The van der Waals surface area contributed by atoms with Crippen LogP contribution in [0.15, 0.2) is 36.4 Å². The number of halogens is 3. The van der Waals surface area contributed by atoms with Crippen molar-refractivity contribution in [3.8, 4) is 17.2 Å². The molecular weight excluding hydrogens is 431 g/mol. The summed E-state index contributed by atoms with van der Waals surface area (Å²) >= 11 is 18.0. The Balaban J connectivity index is 2.17. The minimum atomic E-state index is -1.06. The molecule has 0 radical (unpaired) electrons. The van der Waals surface area contributed by atoms with Crippen molar-refractivity contribution in [2.75, 3.05) is 7.11 Å². The minimum absolute atomic E-state index is 0.189. The molecule has 0 heterocycles. The molecule has 28 heavy (non-hydrogen) atoms. The molecular formula is C19H17Cl3O6. The van der Waals surface area contributed by atoms with Gasteiger partial charge in [0.05, 0.1) is 12.1 Å². The van der Waals surface area contributed by atoms with Gasteiger partial charge in [-0.3, -0.25) is 0 Å². The number of hydrogen-bond donors (Lipinski definition) is 0. The fourth-order valence-corrected chi connectivity index (χ4v) is 2.67. The van der Waals surface area contributed by atoms with Crippen LogP contribution in [-0.4, -0.2) is 31.3 Å².